The molecule has 0 unspecified atom stereocenters. The number of H-pyrrole nitrogens is 1. The molecule has 0 radical (unpaired) electrons. The second kappa shape index (κ2) is 8.46. The van der Waals surface area contributed by atoms with Gasteiger partial charge in [0.1, 0.15) is 5.69 Å². The van der Waals surface area contributed by atoms with Crippen molar-refractivity contribution in [1.82, 2.24) is 4.98 Å². The van der Waals surface area contributed by atoms with Crippen LogP contribution in [0.25, 0.3) is 17.0 Å². The SMILES string of the molecule is COc1ccc(NC(=O)C=Cc2c(C(=O)O)[nH]c3cc(Cl)cc(Cl)c23)cc1OC. The molecule has 3 rings (SSSR count). The quantitative estimate of drug-likeness (QED) is 0.481. The zero-order valence-corrected chi connectivity index (χ0v) is 16.9. The third kappa shape index (κ3) is 4.31. The Bertz CT molecular complexity index is 1140. The normalized spacial score (nSPS) is 11.0. The highest BCUT2D eigenvalue weighted by Crippen LogP contribution is 2.33. The lowest BCUT2D eigenvalue weighted by atomic mass is 10.1. The number of halogens is 2. The average molecular weight is 435 g/mol. The summed E-state index contributed by atoms with van der Waals surface area (Å²) in [5.74, 6) is -0.664. The molecule has 7 nitrogen and oxygen atoms in total. The summed E-state index contributed by atoms with van der Waals surface area (Å²) in [6.45, 7) is 0. The average Bonchev–Trinajstić information content (AvgIpc) is 3.05. The summed E-state index contributed by atoms with van der Waals surface area (Å²) in [6.07, 6.45) is 2.61. The monoisotopic (exact) mass is 434 g/mol. The molecule has 1 aromatic heterocycles. The Balaban J connectivity index is 1.91. The fourth-order valence-corrected chi connectivity index (χ4v) is 3.46. The maximum atomic E-state index is 12.3. The summed E-state index contributed by atoms with van der Waals surface area (Å²) in [5, 5.41) is 13.2. The van der Waals surface area contributed by atoms with E-state index in [1.54, 1.807) is 24.3 Å². The van der Waals surface area contributed by atoms with Gasteiger partial charge in [0, 0.05) is 39.3 Å². The van der Waals surface area contributed by atoms with Crippen LogP contribution in [0.15, 0.2) is 36.4 Å². The van der Waals surface area contributed by atoms with E-state index in [9.17, 15) is 14.7 Å². The summed E-state index contributed by atoms with van der Waals surface area (Å²) in [4.78, 5) is 26.7. The van der Waals surface area contributed by atoms with Crippen LogP contribution in [0.1, 0.15) is 16.1 Å². The number of carbonyl (C=O) groups is 2. The van der Waals surface area contributed by atoms with Crippen LogP contribution in [-0.4, -0.2) is 36.2 Å². The van der Waals surface area contributed by atoms with Crippen molar-refractivity contribution < 1.29 is 24.2 Å². The number of aromatic nitrogens is 1. The highest BCUT2D eigenvalue weighted by atomic mass is 35.5. The number of rotatable bonds is 6. The molecule has 3 aromatic rings. The topological polar surface area (TPSA) is 101 Å². The lowest BCUT2D eigenvalue weighted by molar-refractivity contribution is -0.111. The van der Waals surface area contributed by atoms with E-state index in [1.807, 2.05) is 0 Å². The number of aromatic carboxylic acids is 1. The number of hydrogen-bond acceptors (Lipinski definition) is 4. The number of fused-ring (bicyclic) bond motifs is 1. The number of amides is 1. The molecule has 0 saturated carbocycles. The Hall–Kier alpha value is -3.16. The molecular formula is C20H16Cl2N2O5. The molecule has 1 amide bonds. The minimum absolute atomic E-state index is 0.0978. The second-order valence-electron chi connectivity index (χ2n) is 5.92. The standard InChI is InChI=1S/C20H16Cl2N2O5/c1-28-15-5-3-11(9-16(15)29-2)23-17(25)6-4-12-18-13(22)7-10(21)8-14(18)24-19(12)20(26)27/h3-9,24H,1-2H3,(H,23,25)(H,26,27). The first-order valence-electron chi connectivity index (χ1n) is 8.29. The lowest BCUT2D eigenvalue weighted by Gasteiger charge is -2.09. The van der Waals surface area contributed by atoms with Crippen molar-refractivity contribution >= 4 is 57.7 Å². The number of methoxy groups -OCH3 is 2. The van der Waals surface area contributed by atoms with Crippen LogP contribution in [0.4, 0.5) is 5.69 Å². The molecule has 0 fully saturated rings. The van der Waals surface area contributed by atoms with E-state index in [-0.39, 0.29) is 16.3 Å². The van der Waals surface area contributed by atoms with Crippen molar-refractivity contribution in [2.75, 3.05) is 19.5 Å². The zero-order valence-electron chi connectivity index (χ0n) is 15.4. The van der Waals surface area contributed by atoms with Crippen molar-refractivity contribution in [2.45, 2.75) is 0 Å². The molecule has 0 saturated heterocycles. The van der Waals surface area contributed by atoms with Gasteiger partial charge < -0.3 is 24.9 Å². The van der Waals surface area contributed by atoms with Crippen molar-refractivity contribution in [2.24, 2.45) is 0 Å². The first kappa shape index (κ1) is 20.6. The van der Waals surface area contributed by atoms with E-state index in [0.29, 0.717) is 33.1 Å². The van der Waals surface area contributed by atoms with E-state index >= 15 is 0 Å². The van der Waals surface area contributed by atoms with Gasteiger partial charge in [-0.05, 0) is 30.3 Å². The number of carbonyl (C=O) groups excluding carboxylic acids is 1. The number of nitrogens with one attached hydrogen (secondary N) is 2. The predicted octanol–water partition coefficient (Wildman–Crippen LogP) is 4.84. The first-order valence-corrected chi connectivity index (χ1v) is 9.04. The first-order chi connectivity index (χ1) is 13.8. The summed E-state index contributed by atoms with van der Waals surface area (Å²) in [5.41, 5.74) is 1.12. The van der Waals surface area contributed by atoms with Gasteiger partial charge in [-0.2, -0.15) is 0 Å². The number of carboxylic acids is 1. The van der Waals surface area contributed by atoms with Gasteiger partial charge in [0.25, 0.3) is 0 Å². The van der Waals surface area contributed by atoms with Crippen molar-refractivity contribution in [3.8, 4) is 11.5 Å². The van der Waals surface area contributed by atoms with Crippen molar-refractivity contribution in [3.63, 3.8) is 0 Å². The number of anilines is 1. The third-order valence-corrected chi connectivity index (χ3v) is 4.64. The van der Waals surface area contributed by atoms with Crippen LogP contribution in [0.5, 0.6) is 11.5 Å². The molecule has 2 aromatic carbocycles. The largest absolute Gasteiger partial charge is 0.493 e. The Morgan fingerprint density at radius 3 is 2.48 bits per heavy atom. The molecule has 0 spiro atoms. The molecule has 3 N–H and O–H groups in total. The van der Waals surface area contributed by atoms with Crippen LogP contribution in [0, 0.1) is 0 Å². The van der Waals surface area contributed by atoms with Crippen LogP contribution in [-0.2, 0) is 4.79 Å². The minimum Gasteiger partial charge on any atom is -0.493 e. The summed E-state index contributed by atoms with van der Waals surface area (Å²) in [6, 6.07) is 7.99. The predicted molar refractivity (Wildman–Crippen MR) is 112 cm³/mol. The fourth-order valence-electron chi connectivity index (χ4n) is 2.87. The number of hydrogen-bond donors (Lipinski definition) is 3. The molecule has 0 bridgehead atoms. The van der Waals surface area contributed by atoms with Gasteiger partial charge in [-0.25, -0.2) is 4.79 Å². The molecule has 9 heteroatoms. The second-order valence-corrected chi connectivity index (χ2v) is 6.76. The highest BCUT2D eigenvalue weighted by molar-refractivity contribution is 6.39. The maximum Gasteiger partial charge on any atom is 0.352 e. The van der Waals surface area contributed by atoms with Crippen LogP contribution in [0.3, 0.4) is 0 Å². The zero-order chi connectivity index (χ0) is 21.1. The Morgan fingerprint density at radius 1 is 1.10 bits per heavy atom. The van der Waals surface area contributed by atoms with E-state index in [0.717, 1.165) is 0 Å². The van der Waals surface area contributed by atoms with Gasteiger partial charge in [0.2, 0.25) is 5.91 Å². The highest BCUT2D eigenvalue weighted by Gasteiger charge is 2.18. The minimum atomic E-state index is -1.19. The van der Waals surface area contributed by atoms with Crippen LogP contribution >= 0.6 is 23.2 Å². The van der Waals surface area contributed by atoms with E-state index in [4.69, 9.17) is 32.7 Å². The Morgan fingerprint density at radius 2 is 1.83 bits per heavy atom. The maximum absolute atomic E-state index is 12.3. The van der Waals surface area contributed by atoms with Crippen LogP contribution < -0.4 is 14.8 Å². The van der Waals surface area contributed by atoms with E-state index in [1.165, 1.54) is 32.4 Å². The Labute approximate surface area is 175 Å². The number of benzene rings is 2. The molecule has 0 aliphatic rings. The number of ether oxygens (including phenoxy) is 2. The summed E-state index contributed by atoms with van der Waals surface area (Å²) in [7, 11) is 3.00. The molecule has 29 heavy (non-hydrogen) atoms. The van der Waals surface area contributed by atoms with Gasteiger partial charge in [-0.3, -0.25) is 4.79 Å². The summed E-state index contributed by atoms with van der Waals surface area (Å²) >= 11 is 12.2. The van der Waals surface area contributed by atoms with E-state index < -0.39 is 11.9 Å². The molecular weight excluding hydrogens is 419 g/mol. The molecule has 0 atom stereocenters. The fraction of sp³-hybridized carbons (Fsp3) is 0.100. The van der Waals surface area contributed by atoms with Gasteiger partial charge in [0.05, 0.1) is 19.2 Å². The van der Waals surface area contributed by atoms with Gasteiger partial charge in [-0.15, -0.1) is 0 Å². The van der Waals surface area contributed by atoms with Crippen molar-refractivity contribution in [1.29, 1.82) is 0 Å². The Kier molecular flexibility index (Phi) is 6.00. The third-order valence-electron chi connectivity index (χ3n) is 4.12. The van der Waals surface area contributed by atoms with Gasteiger partial charge in [0.15, 0.2) is 11.5 Å². The molecule has 0 aliphatic carbocycles. The molecule has 1 heterocycles. The lowest BCUT2D eigenvalue weighted by Crippen LogP contribution is -2.08. The van der Waals surface area contributed by atoms with Crippen LogP contribution in [0.2, 0.25) is 10.0 Å². The molecule has 0 aliphatic heterocycles. The number of aromatic amines is 1. The van der Waals surface area contributed by atoms with Gasteiger partial charge in [-0.1, -0.05) is 23.2 Å². The number of carboxylic acid groups (broad SMARTS) is 1. The van der Waals surface area contributed by atoms with Crippen molar-refractivity contribution in [3.05, 3.63) is 57.7 Å². The van der Waals surface area contributed by atoms with E-state index in [2.05, 4.69) is 10.3 Å². The summed E-state index contributed by atoms with van der Waals surface area (Å²) < 4.78 is 10.4. The smallest absolute Gasteiger partial charge is 0.352 e. The van der Waals surface area contributed by atoms with Gasteiger partial charge >= 0.3 is 5.97 Å². The molecule has 150 valence electrons.